The van der Waals surface area contributed by atoms with Crippen LogP contribution in [0.3, 0.4) is 0 Å². The maximum atomic E-state index is 12.3. The molecule has 3 atom stereocenters. The molecule has 0 spiro atoms. The number of nitrogens with one attached hydrogen (secondary N) is 1. The van der Waals surface area contributed by atoms with E-state index in [9.17, 15) is 18.5 Å². The Kier molecular flexibility index (Phi) is 5.12. The highest BCUT2D eigenvalue weighted by Crippen LogP contribution is 2.28. The van der Waals surface area contributed by atoms with Crippen molar-refractivity contribution in [1.29, 1.82) is 0 Å². The Morgan fingerprint density at radius 2 is 2.00 bits per heavy atom. The van der Waals surface area contributed by atoms with Gasteiger partial charge < -0.3 is 9.47 Å². The van der Waals surface area contributed by atoms with E-state index in [2.05, 4.69) is 4.72 Å². The molecule has 1 aliphatic rings. The SMILES string of the molecule is CCO[C@@H]1C[C@@H](NS(=O)(=O)c2ccc([N+](=O)[O-])cc2)[C@@H]1OC. The Hall–Kier alpha value is -1.55. The van der Waals surface area contributed by atoms with Crippen LogP contribution in [0.4, 0.5) is 5.69 Å². The lowest BCUT2D eigenvalue weighted by molar-refractivity contribution is -0.384. The summed E-state index contributed by atoms with van der Waals surface area (Å²) in [5.74, 6) is 0. The van der Waals surface area contributed by atoms with Gasteiger partial charge in [-0.1, -0.05) is 0 Å². The molecule has 9 heteroatoms. The van der Waals surface area contributed by atoms with Gasteiger partial charge in [0.25, 0.3) is 5.69 Å². The van der Waals surface area contributed by atoms with Crippen LogP contribution < -0.4 is 4.72 Å². The van der Waals surface area contributed by atoms with Gasteiger partial charge in [0.05, 0.1) is 28.1 Å². The second-order valence-electron chi connectivity index (χ2n) is 4.91. The molecule has 0 bridgehead atoms. The number of methoxy groups -OCH3 is 1. The van der Waals surface area contributed by atoms with E-state index >= 15 is 0 Å². The standard InChI is InChI=1S/C13H18N2O6S/c1-3-21-12-8-11(13(12)20-2)14-22(18,19)10-6-4-9(5-7-10)15(16)17/h4-7,11-14H,3,8H2,1-2H3/t11-,12-,13+/m1/s1. The van der Waals surface area contributed by atoms with Crippen LogP contribution in [0, 0.1) is 10.1 Å². The lowest BCUT2D eigenvalue weighted by Crippen LogP contribution is -2.60. The van der Waals surface area contributed by atoms with Gasteiger partial charge >= 0.3 is 0 Å². The number of rotatable bonds is 7. The average Bonchev–Trinajstić information content (AvgIpc) is 2.46. The van der Waals surface area contributed by atoms with Crippen molar-refractivity contribution in [3.05, 3.63) is 34.4 Å². The van der Waals surface area contributed by atoms with Crippen molar-refractivity contribution < 1.29 is 22.8 Å². The largest absolute Gasteiger partial charge is 0.377 e. The van der Waals surface area contributed by atoms with Crippen LogP contribution in [0.5, 0.6) is 0 Å². The Morgan fingerprint density at radius 3 is 2.50 bits per heavy atom. The second kappa shape index (κ2) is 6.69. The highest BCUT2D eigenvalue weighted by atomic mass is 32.2. The first-order chi connectivity index (χ1) is 10.4. The van der Waals surface area contributed by atoms with Gasteiger partial charge in [0.1, 0.15) is 0 Å². The fourth-order valence-corrected chi connectivity index (χ4v) is 3.66. The van der Waals surface area contributed by atoms with Crippen LogP contribution in [0.15, 0.2) is 29.2 Å². The zero-order valence-electron chi connectivity index (χ0n) is 12.3. The van der Waals surface area contributed by atoms with Gasteiger partial charge in [0.2, 0.25) is 10.0 Å². The molecule has 0 heterocycles. The zero-order chi connectivity index (χ0) is 16.3. The lowest BCUT2D eigenvalue weighted by Gasteiger charge is -2.42. The molecule has 0 aromatic heterocycles. The molecule has 0 saturated heterocycles. The average molecular weight is 330 g/mol. The molecule has 2 rings (SSSR count). The van der Waals surface area contributed by atoms with Gasteiger partial charge in [-0.3, -0.25) is 10.1 Å². The number of nitro groups is 1. The molecule has 0 radical (unpaired) electrons. The van der Waals surface area contributed by atoms with Gasteiger partial charge in [0, 0.05) is 25.8 Å². The molecular weight excluding hydrogens is 312 g/mol. The number of ether oxygens (including phenoxy) is 2. The predicted molar refractivity (Wildman–Crippen MR) is 78.0 cm³/mol. The van der Waals surface area contributed by atoms with Gasteiger partial charge in [-0.05, 0) is 25.5 Å². The fraction of sp³-hybridized carbons (Fsp3) is 0.538. The number of sulfonamides is 1. The maximum absolute atomic E-state index is 12.3. The first-order valence-corrected chi connectivity index (χ1v) is 8.28. The number of hydrogen-bond acceptors (Lipinski definition) is 6. The Morgan fingerprint density at radius 1 is 1.36 bits per heavy atom. The van der Waals surface area contributed by atoms with E-state index in [1.54, 1.807) is 0 Å². The number of benzene rings is 1. The van der Waals surface area contributed by atoms with E-state index in [0.717, 1.165) is 12.1 Å². The van der Waals surface area contributed by atoms with Crippen molar-refractivity contribution in [3.8, 4) is 0 Å². The minimum Gasteiger partial charge on any atom is -0.377 e. The molecule has 1 aliphatic carbocycles. The van der Waals surface area contributed by atoms with E-state index in [1.807, 2.05) is 6.92 Å². The molecule has 1 saturated carbocycles. The molecule has 1 N–H and O–H groups in total. The Bertz CT molecular complexity index is 630. The minimum absolute atomic E-state index is 0.0205. The van der Waals surface area contributed by atoms with Gasteiger partial charge in [-0.2, -0.15) is 0 Å². The lowest BCUT2D eigenvalue weighted by atomic mass is 9.86. The fourth-order valence-electron chi connectivity index (χ4n) is 2.40. The first kappa shape index (κ1) is 16.8. The summed E-state index contributed by atoms with van der Waals surface area (Å²) in [5, 5.41) is 10.6. The van der Waals surface area contributed by atoms with Gasteiger partial charge in [-0.25, -0.2) is 13.1 Å². The highest BCUT2D eigenvalue weighted by Gasteiger charge is 2.44. The molecular formula is C13H18N2O6S. The normalized spacial score (nSPS) is 24.7. The van der Waals surface area contributed by atoms with E-state index in [-0.39, 0.29) is 28.8 Å². The van der Waals surface area contributed by atoms with Crippen LogP contribution in [-0.4, -0.2) is 45.3 Å². The van der Waals surface area contributed by atoms with Crippen molar-refractivity contribution in [1.82, 2.24) is 4.72 Å². The van der Waals surface area contributed by atoms with Gasteiger partial charge in [-0.15, -0.1) is 0 Å². The van der Waals surface area contributed by atoms with Crippen LogP contribution in [-0.2, 0) is 19.5 Å². The Labute approximate surface area is 128 Å². The van der Waals surface area contributed by atoms with Crippen LogP contribution in [0.1, 0.15) is 13.3 Å². The second-order valence-corrected chi connectivity index (χ2v) is 6.62. The summed E-state index contributed by atoms with van der Waals surface area (Å²) in [6.45, 7) is 2.40. The van der Waals surface area contributed by atoms with E-state index in [0.29, 0.717) is 13.0 Å². The van der Waals surface area contributed by atoms with Crippen molar-refractivity contribution >= 4 is 15.7 Å². The quantitative estimate of drug-likeness (QED) is 0.592. The molecule has 122 valence electrons. The molecule has 0 amide bonds. The monoisotopic (exact) mass is 330 g/mol. The summed E-state index contributed by atoms with van der Waals surface area (Å²) in [4.78, 5) is 9.98. The number of nitrogens with zero attached hydrogens (tertiary/aromatic N) is 1. The summed E-state index contributed by atoms with van der Waals surface area (Å²) in [5.41, 5.74) is -0.159. The molecule has 1 aromatic rings. The molecule has 1 aromatic carbocycles. The van der Waals surface area contributed by atoms with Crippen molar-refractivity contribution in [2.75, 3.05) is 13.7 Å². The van der Waals surface area contributed by atoms with Crippen LogP contribution >= 0.6 is 0 Å². The van der Waals surface area contributed by atoms with Crippen molar-refractivity contribution in [3.63, 3.8) is 0 Å². The van der Waals surface area contributed by atoms with E-state index < -0.39 is 14.9 Å². The van der Waals surface area contributed by atoms with Crippen LogP contribution in [0.2, 0.25) is 0 Å². The highest BCUT2D eigenvalue weighted by molar-refractivity contribution is 7.89. The number of non-ortho nitro benzene ring substituents is 1. The number of hydrogen-bond donors (Lipinski definition) is 1. The molecule has 22 heavy (non-hydrogen) atoms. The summed E-state index contributed by atoms with van der Waals surface area (Å²) in [6.07, 6.45) is 0.0609. The predicted octanol–water partition coefficient (Wildman–Crippen LogP) is 1.07. The molecule has 8 nitrogen and oxygen atoms in total. The third-order valence-electron chi connectivity index (χ3n) is 3.57. The van der Waals surface area contributed by atoms with E-state index in [1.165, 1.54) is 19.2 Å². The summed E-state index contributed by atoms with van der Waals surface area (Å²) < 4.78 is 37.8. The molecule has 0 aliphatic heterocycles. The maximum Gasteiger partial charge on any atom is 0.269 e. The zero-order valence-corrected chi connectivity index (χ0v) is 13.1. The van der Waals surface area contributed by atoms with Crippen LogP contribution in [0.25, 0.3) is 0 Å². The third-order valence-corrected chi connectivity index (χ3v) is 5.07. The van der Waals surface area contributed by atoms with Gasteiger partial charge in [0.15, 0.2) is 0 Å². The van der Waals surface area contributed by atoms with E-state index in [4.69, 9.17) is 9.47 Å². The smallest absolute Gasteiger partial charge is 0.269 e. The number of nitro benzene ring substituents is 1. The summed E-state index contributed by atoms with van der Waals surface area (Å²) in [6, 6.07) is 4.36. The molecule has 1 fully saturated rings. The molecule has 0 unspecified atom stereocenters. The summed E-state index contributed by atoms with van der Waals surface area (Å²) in [7, 11) is -2.25. The topological polar surface area (TPSA) is 108 Å². The Balaban J connectivity index is 2.07. The first-order valence-electron chi connectivity index (χ1n) is 6.80. The minimum atomic E-state index is -3.75. The third kappa shape index (κ3) is 3.43. The van der Waals surface area contributed by atoms with Crippen molar-refractivity contribution in [2.45, 2.75) is 36.5 Å². The summed E-state index contributed by atoms with van der Waals surface area (Å²) >= 11 is 0. The van der Waals surface area contributed by atoms with Crippen molar-refractivity contribution in [2.24, 2.45) is 0 Å².